The van der Waals surface area contributed by atoms with Gasteiger partial charge in [-0.15, -0.1) is 0 Å². The van der Waals surface area contributed by atoms with Gasteiger partial charge in [-0.1, -0.05) is 25.1 Å². The largest absolute Gasteiger partial charge is 0.396 e. The summed E-state index contributed by atoms with van der Waals surface area (Å²) in [6, 6.07) is 7.40. The number of aliphatic hydroxyl groups is 1. The van der Waals surface area contributed by atoms with E-state index in [1.165, 1.54) is 0 Å². The SMILES string of the molecule is CC(CO)c1ccccc1C(=O)N(C)C. The highest BCUT2D eigenvalue weighted by Gasteiger charge is 2.15. The topological polar surface area (TPSA) is 40.5 Å². The maximum atomic E-state index is 11.8. The predicted octanol–water partition coefficient (Wildman–Crippen LogP) is 1.48. The van der Waals surface area contributed by atoms with Crippen LogP contribution in [0.2, 0.25) is 0 Å². The van der Waals surface area contributed by atoms with Crippen LogP contribution in [0.25, 0.3) is 0 Å². The highest BCUT2D eigenvalue weighted by molar-refractivity contribution is 5.95. The molecule has 0 aliphatic carbocycles. The molecule has 0 bridgehead atoms. The zero-order valence-corrected chi connectivity index (χ0v) is 9.40. The number of hydrogen-bond acceptors (Lipinski definition) is 2. The molecule has 82 valence electrons. The Kier molecular flexibility index (Phi) is 3.86. The quantitative estimate of drug-likeness (QED) is 0.815. The van der Waals surface area contributed by atoms with Gasteiger partial charge in [-0.05, 0) is 11.6 Å². The van der Waals surface area contributed by atoms with Gasteiger partial charge >= 0.3 is 0 Å². The molecule has 1 rings (SSSR count). The number of benzene rings is 1. The Morgan fingerprint density at radius 3 is 2.53 bits per heavy atom. The molecule has 0 spiro atoms. The summed E-state index contributed by atoms with van der Waals surface area (Å²) >= 11 is 0. The van der Waals surface area contributed by atoms with E-state index in [4.69, 9.17) is 5.11 Å². The second-order valence-corrected chi connectivity index (χ2v) is 3.87. The molecule has 0 heterocycles. The van der Waals surface area contributed by atoms with Crippen molar-refractivity contribution >= 4 is 5.91 Å². The summed E-state index contributed by atoms with van der Waals surface area (Å²) in [6.45, 7) is 1.96. The third kappa shape index (κ3) is 2.57. The summed E-state index contributed by atoms with van der Waals surface area (Å²) in [5.41, 5.74) is 1.57. The fourth-order valence-corrected chi connectivity index (χ4v) is 1.46. The standard InChI is InChI=1S/C12H17NO2/c1-9(8-14)10-6-4-5-7-11(10)12(15)13(2)3/h4-7,9,14H,8H2,1-3H3. The molecule has 0 radical (unpaired) electrons. The molecule has 1 unspecified atom stereocenters. The van der Waals surface area contributed by atoms with Gasteiger partial charge in [0.2, 0.25) is 0 Å². The van der Waals surface area contributed by atoms with Gasteiger partial charge in [0.1, 0.15) is 0 Å². The molecule has 1 atom stereocenters. The molecular formula is C12H17NO2. The molecule has 1 N–H and O–H groups in total. The Hall–Kier alpha value is -1.35. The number of carbonyl (C=O) groups excluding carboxylic acids is 1. The molecule has 0 fully saturated rings. The molecule has 3 heteroatoms. The zero-order valence-electron chi connectivity index (χ0n) is 9.40. The summed E-state index contributed by atoms with van der Waals surface area (Å²) in [4.78, 5) is 13.4. The molecule has 3 nitrogen and oxygen atoms in total. The Morgan fingerprint density at radius 2 is 2.00 bits per heavy atom. The van der Waals surface area contributed by atoms with Crippen molar-refractivity contribution in [2.45, 2.75) is 12.8 Å². The van der Waals surface area contributed by atoms with E-state index in [0.717, 1.165) is 5.56 Å². The van der Waals surface area contributed by atoms with Gasteiger partial charge in [0, 0.05) is 32.2 Å². The summed E-state index contributed by atoms with van der Waals surface area (Å²) in [5.74, 6) is -0.0315. The summed E-state index contributed by atoms with van der Waals surface area (Å²) in [6.07, 6.45) is 0. The molecule has 0 aliphatic rings. The van der Waals surface area contributed by atoms with Crippen LogP contribution in [-0.2, 0) is 0 Å². The van der Waals surface area contributed by atoms with Gasteiger partial charge in [0.05, 0.1) is 0 Å². The highest BCUT2D eigenvalue weighted by Crippen LogP contribution is 2.20. The van der Waals surface area contributed by atoms with E-state index in [-0.39, 0.29) is 18.4 Å². The fourth-order valence-electron chi connectivity index (χ4n) is 1.46. The molecular weight excluding hydrogens is 190 g/mol. The van der Waals surface area contributed by atoms with Crippen LogP contribution in [0.1, 0.15) is 28.8 Å². The monoisotopic (exact) mass is 207 g/mol. The smallest absolute Gasteiger partial charge is 0.253 e. The molecule has 0 saturated carbocycles. The molecule has 0 saturated heterocycles. The molecule has 0 aliphatic heterocycles. The minimum atomic E-state index is -0.0223. The number of nitrogens with zero attached hydrogens (tertiary/aromatic N) is 1. The normalized spacial score (nSPS) is 12.3. The maximum Gasteiger partial charge on any atom is 0.253 e. The molecule has 1 amide bonds. The van der Waals surface area contributed by atoms with Crippen molar-refractivity contribution in [1.29, 1.82) is 0 Å². The van der Waals surface area contributed by atoms with Crippen LogP contribution in [0, 0.1) is 0 Å². The average Bonchev–Trinajstić information content (AvgIpc) is 2.27. The van der Waals surface area contributed by atoms with Crippen molar-refractivity contribution in [3.8, 4) is 0 Å². The first kappa shape index (κ1) is 11.7. The lowest BCUT2D eigenvalue weighted by Gasteiger charge is -2.16. The molecule has 15 heavy (non-hydrogen) atoms. The lowest BCUT2D eigenvalue weighted by Crippen LogP contribution is -2.23. The van der Waals surface area contributed by atoms with E-state index in [1.54, 1.807) is 25.1 Å². The minimum absolute atomic E-state index is 0.00917. The average molecular weight is 207 g/mol. The summed E-state index contributed by atoms with van der Waals surface area (Å²) in [7, 11) is 3.45. The van der Waals surface area contributed by atoms with Gasteiger partial charge in [-0.2, -0.15) is 0 Å². The first-order chi connectivity index (χ1) is 7.07. The number of aliphatic hydroxyl groups excluding tert-OH is 1. The van der Waals surface area contributed by atoms with Crippen LogP contribution in [0.5, 0.6) is 0 Å². The van der Waals surface area contributed by atoms with Crippen LogP contribution in [0.4, 0.5) is 0 Å². The van der Waals surface area contributed by atoms with Crippen molar-refractivity contribution in [2.24, 2.45) is 0 Å². The van der Waals surface area contributed by atoms with E-state index >= 15 is 0 Å². The first-order valence-electron chi connectivity index (χ1n) is 4.99. The lowest BCUT2D eigenvalue weighted by molar-refractivity contribution is 0.0825. The van der Waals surface area contributed by atoms with Crippen molar-refractivity contribution in [2.75, 3.05) is 20.7 Å². The molecule has 1 aromatic carbocycles. The Labute approximate surface area is 90.3 Å². The Balaban J connectivity index is 3.12. The van der Waals surface area contributed by atoms with E-state index in [2.05, 4.69) is 0 Å². The third-order valence-electron chi connectivity index (χ3n) is 2.40. The number of rotatable bonds is 3. The predicted molar refractivity (Wildman–Crippen MR) is 60.0 cm³/mol. The van der Waals surface area contributed by atoms with Crippen molar-refractivity contribution < 1.29 is 9.90 Å². The van der Waals surface area contributed by atoms with E-state index in [0.29, 0.717) is 5.56 Å². The first-order valence-corrected chi connectivity index (χ1v) is 4.99. The van der Waals surface area contributed by atoms with Gasteiger partial charge in [0.15, 0.2) is 0 Å². The Bertz CT molecular complexity index is 347. The van der Waals surface area contributed by atoms with Crippen LogP contribution in [0.3, 0.4) is 0 Å². The zero-order chi connectivity index (χ0) is 11.4. The Morgan fingerprint density at radius 1 is 1.40 bits per heavy atom. The number of hydrogen-bond donors (Lipinski definition) is 1. The summed E-state index contributed by atoms with van der Waals surface area (Å²) < 4.78 is 0. The summed E-state index contributed by atoms with van der Waals surface area (Å²) in [5, 5.41) is 9.11. The third-order valence-corrected chi connectivity index (χ3v) is 2.40. The lowest BCUT2D eigenvalue weighted by atomic mass is 9.96. The van der Waals surface area contributed by atoms with Gasteiger partial charge < -0.3 is 10.0 Å². The van der Waals surface area contributed by atoms with Crippen molar-refractivity contribution in [3.63, 3.8) is 0 Å². The van der Waals surface area contributed by atoms with Crippen molar-refractivity contribution in [1.82, 2.24) is 4.90 Å². The van der Waals surface area contributed by atoms with E-state index < -0.39 is 0 Å². The number of carbonyl (C=O) groups is 1. The van der Waals surface area contributed by atoms with Crippen LogP contribution in [-0.4, -0.2) is 36.6 Å². The van der Waals surface area contributed by atoms with E-state index in [1.807, 2.05) is 25.1 Å². The minimum Gasteiger partial charge on any atom is -0.396 e. The van der Waals surface area contributed by atoms with E-state index in [9.17, 15) is 4.79 Å². The molecule has 0 aromatic heterocycles. The highest BCUT2D eigenvalue weighted by atomic mass is 16.3. The number of amides is 1. The molecule has 1 aromatic rings. The van der Waals surface area contributed by atoms with Crippen molar-refractivity contribution in [3.05, 3.63) is 35.4 Å². The van der Waals surface area contributed by atoms with Crippen LogP contribution < -0.4 is 0 Å². The van der Waals surface area contributed by atoms with Crippen LogP contribution >= 0.6 is 0 Å². The second kappa shape index (κ2) is 4.94. The van der Waals surface area contributed by atoms with Crippen LogP contribution in [0.15, 0.2) is 24.3 Å². The second-order valence-electron chi connectivity index (χ2n) is 3.87. The van der Waals surface area contributed by atoms with Gasteiger partial charge in [-0.3, -0.25) is 4.79 Å². The van der Waals surface area contributed by atoms with Gasteiger partial charge in [-0.25, -0.2) is 0 Å². The maximum absolute atomic E-state index is 11.8. The van der Waals surface area contributed by atoms with Gasteiger partial charge in [0.25, 0.3) is 5.91 Å². The fraction of sp³-hybridized carbons (Fsp3) is 0.417.